The molecule has 1 amide bonds. The normalized spacial score (nSPS) is 24.9. The van der Waals surface area contributed by atoms with Crippen molar-refractivity contribution in [3.8, 4) is 0 Å². The summed E-state index contributed by atoms with van der Waals surface area (Å²) in [5.74, 6) is -0.642. The SMILES string of the molecule is [B][B]c1cc(C(C(=O)N2C[C@H](O)C[C@H]2C2=NC(C)(C)N(CC(F)(F)F)N2)C(C)C)on1. The number of hydrazine groups is 1. The molecule has 3 heterocycles. The number of aliphatic hydroxyl groups excluding tert-OH is 1. The molecule has 2 aliphatic rings. The fourth-order valence-electron chi connectivity index (χ4n) is 3.98. The van der Waals surface area contributed by atoms with E-state index >= 15 is 0 Å². The molecule has 0 aliphatic carbocycles. The number of amidine groups is 1. The summed E-state index contributed by atoms with van der Waals surface area (Å²) in [5.41, 5.74) is 1.93. The molecule has 2 aliphatic heterocycles. The maximum atomic E-state index is 13.5. The highest BCUT2D eigenvalue weighted by atomic mass is 19.4. The van der Waals surface area contributed by atoms with Gasteiger partial charge in [-0.05, 0) is 25.8 Å². The summed E-state index contributed by atoms with van der Waals surface area (Å²) in [4.78, 5) is 19.3. The van der Waals surface area contributed by atoms with E-state index in [0.29, 0.717) is 11.4 Å². The third kappa shape index (κ3) is 5.08. The van der Waals surface area contributed by atoms with E-state index in [0.717, 1.165) is 5.01 Å². The van der Waals surface area contributed by atoms with Crippen LogP contribution in [0.25, 0.3) is 0 Å². The zero-order valence-electron chi connectivity index (χ0n) is 17.8. The maximum absolute atomic E-state index is 13.5. The molecule has 2 N–H and O–H groups in total. The van der Waals surface area contributed by atoms with Crippen LogP contribution in [0.15, 0.2) is 15.6 Å². The van der Waals surface area contributed by atoms with Crippen molar-refractivity contribution < 1.29 is 27.6 Å². The lowest BCUT2D eigenvalue weighted by Gasteiger charge is -2.31. The minimum Gasteiger partial charge on any atom is -0.391 e. The number of aromatic nitrogens is 1. The Hall–Kier alpha value is -2.01. The molecule has 1 saturated heterocycles. The van der Waals surface area contributed by atoms with E-state index in [2.05, 4.69) is 15.6 Å². The molecule has 1 fully saturated rings. The van der Waals surface area contributed by atoms with Gasteiger partial charge in [-0.2, -0.15) is 18.2 Å². The number of carbonyl (C=O) groups is 1. The van der Waals surface area contributed by atoms with Crippen LogP contribution in [0.3, 0.4) is 0 Å². The summed E-state index contributed by atoms with van der Waals surface area (Å²) < 4.78 is 44.2. The molecule has 1 aromatic rings. The Kier molecular flexibility index (Phi) is 6.48. The van der Waals surface area contributed by atoms with Crippen molar-refractivity contribution in [2.45, 2.75) is 64.0 Å². The summed E-state index contributed by atoms with van der Waals surface area (Å²) in [6.45, 7) is 5.62. The number of nitrogens with zero attached hydrogens (tertiary/aromatic N) is 4. The van der Waals surface area contributed by atoms with Gasteiger partial charge in [0.05, 0.1) is 12.1 Å². The maximum Gasteiger partial charge on any atom is 0.403 e. The van der Waals surface area contributed by atoms with Crippen LogP contribution in [0.2, 0.25) is 0 Å². The van der Waals surface area contributed by atoms with Gasteiger partial charge >= 0.3 is 6.18 Å². The second kappa shape index (κ2) is 8.50. The van der Waals surface area contributed by atoms with Crippen LogP contribution >= 0.6 is 0 Å². The van der Waals surface area contributed by atoms with Crippen LogP contribution in [0, 0.1) is 5.92 Å². The number of β-amino-alcohol motifs (C(OH)–C–C–N with tert-alkyl or cyclic N) is 1. The second-order valence-electron chi connectivity index (χ2n) is 8.74. The number of hydrogen-bond donors (Lipinski definition) is 2. The van der Waals surface area contributed by atoms with Gasteiger partial charge in [-0.15, -0.1) is 0 Å². The first-order chi connectivity index (χ1) is 14.3. The molecule has 0 bridgehead atoms. The number of likely N-dealkylation sites (tertiary alicyclic amines) is 1. The Morgan fingerprint density at radius 2 is 2.16 bits per heavy atom. The Balaban J connectivity index is 1.86. The van der Waals surface area contributed by atoms with Crippen LogP contribution in [-0.2, 0) is 4.79 Å². The standard InChI is InChI=1S/C18H25B2F3N5O3/c1-9(2)14(12-6-13(20-19)26-31-12)16(30)27-7-10(29)5-11(27)15-24-17(3,4)28(25-15)8-18(21,22)23/h6,9-11,14,29H,5,7-8H2,1-4H3,(H,24,25)/t10-,11+,14?/m1/s1. The Morgan fingerprint density at radius 3 is 2.71 bits per heavy atom. The van der Waals surface area contributed by atoms with Crippen molar-refractivity contribution in [1.82, 2.24) is 20.5 Å². The highest BCUT2D eigenvalue weighted by molar-refractivity contribution is 6.97. The first-order valence-corrected chi connectivity index (χ1v) is 10.0. The molecule has 8 nitrogen and oxygen atoms in total. The van der Waals surface area contributed by atoms with Crippen LogP contribution in [0.1, 0.15) is 45.8 Å². The summed E-state index contributed by atoms with van der Waals surface area (Å²) in [6.07, 6.45) is -5.09. The number of hydrogen-bond acceptors (Lipinski definition) is 7. The number of nitrogens with one attached hydrogen (secondary N) is 1. The van der Waals surface area contributed by atoms with Gasteiger partial charge in [-0.25, -0.2) is 4.99 Å². The molecular weight excluding hydrogens is 413 g/mol. The first kappa shape index (κ1) is 23.6. The van der Waals surface area contributed by atoms with Crippen LogP contribution in [0.5, 0.6) is 0 Å². The molecule has 3 rings (SSSR count). The molecule has 31 heavy (non-hydrogen) atoms. The summed E-state index contributed by atoms with van der Waals surface area (Å²) in [5, 5.41) is 15.0. The van der Waals surface area contributed by atoms with Gasteiger partial charge in [0.25, 0.3) is 0 Å². The predicted octanol–water partition coefficient (Wildman–Crippen LogP) is 0.306. The molecule has 1 unspecified atom stereocenters. The minimum atomic E-state index is -4.42. The topological polar surface area (TPSA) is 94.2 Å². The monoisotopic (exact) mass is 438 g/mol. The first-order valence-electron chi connectivity index (χ1n) is 10.0. The average Bonchev–Trinajstić information content (AvgIpc) is 3.31. The number of carbonyl (C=O) groups excluding carboxylic acids is 1. The highest BCUT2D eigenvalue weighted by Gasteiger charge is 2.47. The third-order valence-corrected chi connectivity index (χ3v) is 5.48. The molecule has 3 radical (unpaired) electrons. The fraction of sp³-hybridized carbons (Fsp3) is 0.722. The number of amides is 1. The quantitative estimate of drug-likeness (QED) is 0.622. The van der Waals surface area contributed by atoms with E-state index in [1.165, 1.54) is 12.1 Å². The number of alkyl halides is 3. The summed E-state index contributed by atoms with van der Waals surface area (Å²) in [6, 6.07) is 0.883. The van der Waals surface area contributed by atoms with E-state index < -0.39 is 36.4 Å². The van der Waals surface area contributed by atoms with Crippen molar-refractivity contribution in [3.05, 3.63) is 11.8 Å². The van der Waals surface area contributed by atoms with E-state index in [9.17, 15) is 23.1 Å². The van der Waals surface area contributed by atoms with Gasteiger partial charge in [0, 0.05) is 26.3 Å². The fourth-order valence-corrected chi connectivity index (χ4v) is 3.98. The van der Waals surface area contributed by atoms with Gasteiger partial charge in [-0.3, -0.25) is 4.79 Å². The second-order valence-corrected chi connectivity index (χ2v) is 8.74. The lowest BCUT2D eigenvalue weighted by atomic mass is 9.53. The average molecular weight is 438 g/mol. The van der Waals surface area contributed by atoms with Gasteiger partial charge in [-0.1, -0.05) is 19.0 Å². The van der Waals surface area contributed by atoms with Crippen molar-refractivity contribution >= 4 is 32.2 Å². The van der Waals surface area contributed by atoms with Gasteiger partial charge in [0.2, 0.25) is 5.91 Å². The highest BCUT2D eigenvalue weighted by Crippen LogP contribution is 2.33. The van der Waals surface area contributed by atoms with Crippen LogP contribution in [0.4, 0.5) is 13.2 Å². The number of rotatable bonds is 6. The molecular formula is C18H25B2F3N5O3. The lowest BCUT2D eigenvalue weighted by molar-refractivity contribution is -0.159. The summed E-state index contributed by atoms with van der Waals surface area (Å²) >= 11 is 0. The van der Waals surface area contributed by atoms with Gasteiger partial charge in [0.1, 0.15) is 36.9 Å². The zero-order valence-corrected chi connectivity index (χ0v) is 17.8. The van der Waals surface area contributed by atoms with E-state index in [-0.39, 0.29) is 30.6 Å². The molecule has 0 spiro atoms. The number of aliphatic hydroxyl groups is 1. The largest absolute Gasteiger partial charge is 0.403 e. The molecule has 0 aromatic carbocycles. The number of halogens is 3. The minimum absolute atomic E-state index is 0.0388. The molecule has 0 saturated carbocycles. The van der Waals surface area contributed by atoms with E-state index in [1.54, 1.807) is 19.9 Å². The Bertz CT molecular complexity index is 846. The molecule has 167 valence electrons. The molecule has 13 heteroatoms. The van der Waals surface area contributed by atoms with E-state index in [4.69, 9.17) is 12.3 Å². The van der Waals surface area contributed by atoms with Crippen molar-refractivity contribution in [3.63, 3.8) is 0 Å². The van der Waals surface area contributed by atoms with Crippen LogP contribution < -0.4 is 11.0 Å². The smallest absolute Gasteiger partial charge is 0.391 e. The van der Waals surface area contributed by atoms with Crippen molar-refractivity contribution in [2.24, 2.45) is 10.9 Å². The van der Waals surface area contributed by atoms with E-state index in [1.807, 2.05) is 13.8 Å². The molecule has 1 aromatic heterocycles. The van der Waals surface area contributed by atoms with Gasteiger partial charge < -0.3 is 20.0 Å². The number of aliphatic imine (C=N–C) groups is 1. The molecule has 3 atom stereocenters. The lowest BCUT2D eigenvalue weighted by Crippen LogP contribution is -2.54. The zero-order chi connectivity index (χ0) is 23.1. The third-order valence-electron chi connectivity index (χ3n) is 5.48. The Labute approximate surface area is 180 Å². The van der Waals surface area contributed by atoms with Crippen molar-refractivity contribution in [1.29, 1.82) is 0 Å². The van der Waals surface area contributed by atoms with Crippen molar-refractivity contribution in [2.75, 3.05) is 13.1 Å². The Morgan fingerprint density at radius 1 is 1.48 bits per heavy atom. The summed E-state index contributed by atoms with van der Waals surface area (Å²) in [7, 11) is 6.71. The van der Waals surface area contributed by atoms with Crippen LogP contribution in [-0.4, -0.2) is 83.9 Å². The van der Waals surface area contributed by atoms with Gasteiger partial charge in [0.15, 0.2) is 0 Å². The predicted molar refractivity (Wildman–Crippen MR) is 109 cm³/mol.